The van der Waals surface area contributed by atoms with Gasteiger partial charge in [-0.1, -0.05) is 251 Å². The van der Waals surface area contributed by atoms with Crippen molar-refractivity contribution in [3.8, 4) is 0 Å². The van der Waals surface area contributed by atoms with Crippen LogP contribution in [0, 0.1) is 0 Å². The van der Waals surface area contributed by atoms with Gasteiger partial charge in [0.25, 0.3) is 0 Å². The minimum atomic E-state index is -0.808. The Morgan fingerprint density at radius 1 is 0.276 bits per heavy atom. The van der Waals surface area contributed by atoms with Crippen LogP contribution >= 0.6 is 0 Å². The van der Waals surface area contributed by atoms with Crippen molar-refractivity contribution in [3.05, 3.63) is 134 Å². The summed E-state index contributed by atoms with van der Waals surface area (Å²) in [6.07, 6.45) is 88.8. The molecule has 0 bridgehead atoms. The molecule has 1 unspecified atom stereocenters. The van der Waals surface area contributed by atoms with Crippen molar-refractivity contribution in [2.75, 3.05) is 13.2 Å². The Morgan fingerprint density at radius 3 is 0.829 bits per heavy atom. The summed E-state index contributed by atoms with van der Waals surface area (Å²) in [4.78, 5) is 38.3. The van der Waals surface area contributed by atoms with E-state index in [1.165, 1.54) is 96.3 Å². The van der Waals surface area contributed by atoms with Crippen LogP contribution in [-0.2, 0) is 28.6 Å². The van der Waals surface area contributed by atoms with E-state index in [4.69, 9.17) is 14.2 Å². The van der Waals surface area contributed by atoms with E-state index in [0.717, 1.165) is 135 Å². The van der Waals surface area contributed by atoms with Crippen LogP contribution in [0.5, 0.6) is 0 Å². The molecule has 0 fully saturated rings. The van der Waals surface area contributed by atoms with Gasteiger partial charge in [0.1, 0.15) is 13.2 Å². The van der Waals surface area contributed by atoms with E-state index in [1.54, 1.807) is 0 Å². The standard InChI is InChI=1S/C70H114O6/c1-4-7-10-13-16-19-22-25-28-30-32-33-34-35-36-37-38-40-42-45-48-51-54-57-60-63-69(72)75-66-67(65-74-68(71)62-59-56-53-50-47-44-41-27-24-21-18-15-12-9-6-3)76-70(73)64-61-58-55-52-49-46-43-39-31-29-26-23-20-17-14-11-8-5-2/h7,9-10,12,16,18-21,23,25,27-29,31-33,35-36,41,47,50,67H,4-6,8,11,13-15,17,22,24,26,30,34,37-40,42-46,48-49,51-66H2,1-3H3/b10-7-,12-9-,19-16-,21-18-,23-20-,28-25-,31-29-,33-32-,36-35-,41-27-,50-47-. The molecule has 1 atom stereocenters. The monoisotopic (exact) mass is 1050 g/mol. The fraction of sp³-hybridized carbons (Fsp3) is 0.643. The van der Waals surface area contributed by atoms with E-state index in [-0.39, 0.29) is 31.1 Å². The number of rotatable bonds is 55. The summed E-state index contributed by atoms with van der Waals surface area (Å²) in [5, 5.41) is 0. The normalized spacial score (nSPS) is 13.0. The fourth-order valence-corrected chi connectivity index (χ4v) is 8.25. The number of esters is 3. The molecular formula is C70H114O6. The van der Waals surface area contributed by atoms with Gasteiger partial charge in [0.2, 0.25) is 0 Å². The van der Waals surface area contributed by atoms with Gasteiger partial charge in [-0.3, -0.25) is 14.4 Å². The Labute approximate surface area is 468 Å². The minimum absolute atomic E-state index is 0.101. The Balaban J connectivity index is 4.43. The average Bonchev–Trinajstić information content (AvgIpc) is 3.42. The lowest BCUT2D eigenvalue weighted by Crippen LogP contribution is -2.30. The third-order valence-corrected chi connectivity index (χ3v) is 12.9. The minimum Gasteiger partial charge on any atom is -0.462 e. The SMILES string of the molecule is CC/C=C\C/C=C\C/C=C\C/C=C\C/C=C\CCCCCCCCCCCC(=O)OCC(COC(=O)CCCC/C=C\C/C=C\C/C=C\C/C=C\CC)OC(=O)CCCCCCCCC/C=C\C/C=C\CCCCCC. The summed E-state index contributed by atoms with van der Waals surface area (Å²) in [6, 6.07) is 0. The third-order valence-electron chi connectivity index (χ3n) is 12.9. The molecule has 0 saturated carbocycles. The van der Waals surface area contributed by atoms with Crippen molar-refractivity contribution in [3.63, 3.8) is 0 Å². The molecule has 0 saturated heterocycles. The van der Waals surface area contributed by atoms with Crippen LogP contribution < -0.4 is 0 Å². The highest BCUT2D eigenvalue weighted by atomic mass is 16.6. The van der Waals surface area contributed by atoms with Gasteiger partial charge in [-0.05, 0) is 135 Å². The molecule has 6 heteroatoms. The second kappa shape index (κ2) is 63.1. The van der Waals surface area contributed by atoms with Gasteiger partial charge in [0.05, 0.1) is 0 Å². The van der Waals surface area contributed by atoms with E-state index in [2.05, 4.69) is 154 Å². The van der Waals surface area contributed by atoms with Gasteiger partial charge >= 0.3 is 17.9 Å². The second-order valence-electron chi connectivity index (χ2n) is 20.2. The highest BCUT2D eigenvalue weighted by Crippen LogP contribution is 2.15. The number of ether oxygens (including phenoxy) is 3. The van der Waals surface area contributed by atoms with Gasteiger partial charge in [-0.15, -0.1) is 0 Å². The fourth-order valence-electron chi connectivity index (χ4n) is 8.25. The zero-order valence-electron chi connectivity index (χ0n) is 49.2. The maximum absolute atomic E-state index is 12.9. The number of allylic oxidation sites excluding steroid dienone is 22. The maximum atomic E-state index is 12.9. The molecule has 0 radical (unpaired) electrons. The summed E-state index contributed by atoms with van der Waals surface area (Å²) in [7, 11) is 0. The van der Waals surface area contributed by atoms with Gasteiger partial charge in [-0.2, -0.15) is 0 Å². The van der Waals surface area contributed by atoms with Crippen LogP contribution in [0.1, 0.15) is 271 Å². The molecule has 0 amide bonds. The van der Waals surface area contributed by atoms with Crippen molar-refractivity contribution in [1.29, 1.82) is 0 Å². The number of hydrogen-bond acceptors (Lipinski definition) is 6. The smallest absolute Gasteiger partial charge is 0.306 e. The summed E-state index contributed by atoms with van der Waals surface area (Å²) in [5.41, 5.74) is 0. The van der Waals surface area contributed by atoms with Crippen molar-refractivity contribution in [2.45, 2.75) is 277 Å². The van der Waals surface area contributed by atoms with Crippen molar-refractivity contribution < 1.29 is 28.6 Å². The first-order valence-electron chi connectivity index (χ1n) is 31.2. The highest BCUT2D eigenvalue weighted by Gasteiger charge is 2.19. The molecule has 0 aliphatic carbocycles. The van der Waals surface area contributed by atoms with Crippen LogP contribution in [0.25, 0.3) is 0 Å². The summed E-state index contributed by atoms with van der Waals surface area (Å²) in [6.45, 7) is 6.35. The Kier molecular flexibility index (Phi) is 59.4. The molecule has 76 heavy (non-hydrogen) atoms. The average molecular weight is 1050 g/mol. The molecule has 0 aliphatic heterocycles. The van der Waals surface area contributed by atoms with E-state index < -0.39 is 6.10 Å². The van der Waals surface area contributed by atoms with Gasteiger partial charge in [-0.25, -0.2) is 0 Å². The van der Waals surface area contributed by atoms with E-state index >= 15 is 0 Å². The zero-order valence-corrected chi connectivity index (χ0v) is 49.2. The predicted octanol–water partition coefficient (Wildman–Crippen LogP) is 21.4. The van der Waals surface area contributed by atoms with E-state index in [0.29, 0.717) is 19.3 Å². The number of carbonyl (C=O) groups excluding carboxylic acids is 3. The largest absolute Gasteiger partial charge is 0.462 e. The lowest BCUT2D eigenvalue weighted by Gasteiger charge is -2.18. The molecule has 430 valence electrons. The van der Waals surface area contributed by atoms with Crippen LogP contribution in [-0.4, -0.2) is 37.2 Å². The molecule has 0 N–H and O–H groups in total. The summed E-state index contributed by atoms with van der Waals surface area (Å²) in [5.74, 6) is -0.957. The van der Waals surface area contributed by atoms with Gasteiger partial charge in [0.15, 0.2) is 6.10 Å². The van der Waals surface area contributed by atoms with Crippen LogP contribution in [0.2, 0.25) is 0 Å². The molecular weight excluding hydrogens is 937 g/mol. The second-order valence-corrected chi connectivity index (χ2v) is 20.2. The predicted molar refractivity (Wildman–Crippen MR) is 329 cm³/mol. The lowest BCUT2D eigenvalue weighted by molar-refractivity contribution is -0.167. The van der Waals surface area contributed by atoms with Crippen LogP contribution in [0.4, 0.5) is 0 Å². The molecule has 0 spiro atoms. The molecule has 0 aliphatic rings. The molecule has 6 nitrogen and oxygen atoms in total. The molecule has 0 heterocycles. The Bertz CT molecular complexity index is 1630. The van der Waals surface area contributed by atoms with Gasteiger partial charge < -0.3 is 14.2 Å². The summed E-state index contributed by atoms with van der Waals surface area (Å²) < 4.78 is 16.9. The van der Waals surface area contributed by atoms with Crippen LogP contribution in [0.3, 0.4) is 0 Å². The first kappa shape index (κ1) is 71.5. The lowest BCUT2D eigenvalue weighted by atomic mass is 10.1. The quantitative estimate of drug-likeness (QED) is 0.0261. The number of carbonyl (C=O) groups is 3. The maximum Gasteiger partial charge on any atom is 0.306 e. The third kappa shape index (κ3) is 60.4. The number of unbranched alkanes of at least 4 members (excludes halogenated alkanes) is 22. The van der Waals surface area contributed by atoms with Gasteiger partial charge in [0, 0.05) is 19.3 Å². The summed E-state index contributed by atoms with van der Waals surface area (Å²) >= 11 is 0. The molecule has 0 aromatic rings. The number of hydrogen-bond donors (Lipinski definition) is 0. The van der Waals surface area contributed by atoms with E-state index in [1.807, 2.05) is 0 Å². The molecule has 0 aromatic carbocycles. The topological polar surface area (TPSA) is 78.9 Å². The van der Waals surface area contributed by atoms with Crippen LogP contribution in [0.15, 0.2) is 134 Å². The Morgan fingerprint density at radius 2 is 0.513 bits per heavy atom. The highest BCUT2D eigenvalue weighted by molar-refractivity contribution is 5.71. The Hall–Kier alpha value is -4.45. The van der Waals surface area contributed by atoms with Crippen molar-refractivity contribution in [1.82, 2.24) is 0 Å². The molecule has 0 rings (SSSR count). The van der Waals surface area contributed by atoms with E-state index in [9.17, 15) is 14.4 Å². The zero-order chi connectivity index (χ0) is 55.0. The molecule has 0 aromatic heterocycles. The first-order chi connectivity index (χ1) is 37.5. The van der Waals surface area contributed by atoms with Crippen molar-refractivity contribution in [2.24, 2.45) is 0 Å². The first-order valence-corrected chi connectivity index (χ1v) is 31.2. The van der Waals surface area contributed by atoms with Crippen molar-refractivity contribution >= 4 is 17.9 Å².